The predicted molar refractivity (Wildman–Crippen MR) is 84.4 cm³/mol. The summed E-state index contributed by atoms with van der Waals surface area (Å²) in [5.74, 6) is -1.21. The van der Waals surface area contributed by atoms with E-state index in [2.05, 4.69) is 20.9 Å². The van der Waals surface area contributed by atoms with Crippen LogP contribution in [0.1, 0.15) is 0 Å². The number of halogens is 1. The number of hydrogen-bond acceptors (Lipinski definition) is 9. The van der Waals surface area contributed by atoms with Crippen LogP contribution in [0.25, 0.3) is 0 Å². The SMILES string of the molecule is Nc1cncc(Br)c1.O=[N+]([O-])c1cc([N+](=O)[O-])c(O)c([N+](=O)[O-])c1. The van der Waals surface area contributed by atoms with Gasteiger partial charge in [-0.25, -0.2) is 0 Å². The molecule has 0 radical (unpaired) electrons. The van der Waals surface area contributed by atoms with Crippen molar-refractivity contribution in [1.29, 1.82) is 0 Å². The molecule has 1 heterocycles. The molecule has 2 aromatic rings. The van der Waals surface area contributed by atoms with Crippen LogP contribution in [0.3, 0.4) is 0 Å². The van der Waals surface area contributed by atoms with E-state index in [-0.39, 0.29) is 0 Å². The number of nitrogen functional groups attached to an aromatic ring is 1. The van der Waals surface area contributed by atoms with Gasteiger partial charge in [-0.15, -0.1) is 0 Å². The molecular formula is C11H8BrN5O7. The zero-order chi connectivity index (χ0) is 18.4. The Balaban J connectivity index is 0.000000300. The van der Waals surface area contributed by atoms with Gasteiger partial charge in [0.15, 0.2) is 0 Å². The van der Waals surface area contributed by atoms with E-state index in [1.807, 2.05) is 0 Å². The van der Waals surface area contributed by atoms with Gasteiger partial charge in [0.05, 0.1) is 32.6 Å². The number of rotatable bonds is 3. The summed E-state index contributed by atoms with van der Waals surface area (Å²) in [6, 6.07) is 2.69. The van der Waals surface area contributed by atoms with Crippen molar-refractivity contribution in [2.24, 2.45) is 0 Å². The van der Waals surface area contributed by atoms with Gasteiger partial charge < -0.3 is 10.8 Å². The minimum Gasteiger partial charge on any atom is -0.497 e. The third-order valence-electron chi connectivity index (χ3n) is 2.38. The third kappa shape index (κ3) is 4.84. The number of aromatic nitrogens is 1. The lowest BCUT2D eigenvalue weighted by molar-refractivity contribution is -0.404. The second-order valence-electron chi connectivity index (χ2n) is 4.04. The van der Waals surface area contributed by atoms with Crippen LogP contribution in [0.2, 0.25) is 0 Å². The van der Waals surface area contributed by atoms with Crippen LogP contribution in [0, 0.1) is 30.3 Å². The summed E-state index contributed by atoms with van der Waals surface area (Å²) in [4.78, 5) is 31.6. The van der Waals surface area contributed by atoms with Crippen LogP contribution in [-0.4, -0.2) is 24.9 Å². The molecule has 24 heavy (non-hydrogen) atoms. The molecule has 0 aliphatic rings. The smallest absolute Gasteiger partial charge is 0.324 e. The molecule has 0 aliphatic carbocycles. The van der Waals surface area contributed by atoms with Crippen molar-refractivity contribution in [3.8, 4) is 5.75 Å². The molecule has 12 nitrogen and oxygen atoms in total. The molecule has 0 atom stereocenters. The van der Waals surface area contributed by atoms with Gasteiger partial charge >= 0.3 is 11.4 Å². The number of benzene rings is 1. The van der Waals surface area contributed by atoms with E-state index in [1.165, 1.54) is 0 Å². The van der Waals surface area contributed by atoms with E-state index in [4.69, 9.17) is 10.8 Å². The lowest BCUT2D eigenvalue weighted by atomic mass is 10.2. The van der Waals surface area contributed by atoms with E-state index in [0.717, 1.165) is 4.47 Å². The van der Waals surface area contributed by atoms with E-state index in [1.54, 1.807) is 18.5 Å². The number of nitro benzene ring substituents is 3. The van der Waals surface area contributed by atoms with Crippen LogP contribution < -0.4 is 5.73 Å². The molecule has 0 fully saturated rings. The zero-order valence-electron chi connectivity index (χ0n) is 11.5. The van der Waals surface area contributed by atoms with Crippen molar-refractivity contribution >= 4 is 38.7 Å². The Hall–Kier alpha value is -3.35. The number of phenols is 1. The van der Waals surface area contributed by atoms with Gasteiger partial charge in [-0.2, -0.15) is 0 Å². The minimum absolute atomic E-state index is 0.447. The third-order valence-corrected chi connectivity index (χ3v) is 2.82. The van der Waals surface area contributed by atoms with Crippen molar-refractivity contribution in [3.05, 3.63) is 65.4 Å². The Kier molecular flexibility index (Phi) is 6.06. The number of nitro groups is 3. The number of anilines is 1. The first kappa shape index (κ1) is 18.7. The van der Waals surface area contributed by atoms with Crippen molar-refractivity contribution in [2.75, 3.05) is 5.73 Å². The maximum atomic E-state index is 10.4. The van der Waals surface area contributed by atoms with Gasteiger partial charge in [-0.1, -0.05) is 0 Å². The summed E-state index contributed by atoms with van der Waals surface area (Å²) < 4.78 is 0.914. The summed E-state index contributed by atoms with van der Waals surface area (Å²) in [5, 5.41) is 40.2. The molecular weight excluding hydrogens is 394 g/mol. The molecule has 13 heteroatoms. The van der Waals surface area contributed by atoms with Crippen LogP contribution in [0.15, 0.2) is 35.1 Å². The van der Waals surface area contributed by atoms with Crippen LogP contribution >= 0.6 is 15.9 Å². The molecule has 0 unspecified atom stereocenters. The van der Waals surface area contributed by atoms with Gasteiger partial charge in [-0.3, -0.25) is 35.3 Å². The van der Waals surface area contributed by atoms with Gasteiger partial charge in [0.25, 0.3) is 11.4 Å². The van der Waals surface area contributed by atoms with Crippen molar-refractivity contribution < 1.29 is 19.9 Å². The van der Waals surface area contributed by atoms with Crippen molar-refractivity contribution in [2.45, 2.75) is 0 Å². The first-order valence-corrected chi connectivity index (χ1v) is 6.59. The Morgan fingerprint density at radius 2 is 1.46 bits per heavy atom. The lowest BCUT2D eigenvalue weighted by Crippen LogP contribution is -1.97. The van der Waals surface area contributed by atoms with Crippen LogP contribution in [0.5, 0.6) is 5.75 Å². The molecule has 0 saturated heterocycles. The summed E-state index contributed by atoms with van der Waals surface area (Å²) in [6.45, 7) is 0. The second kappa shape index (κ2) is 7.77. The first-order valence-electron chi connectivity index (χ1n) is 5.79. The van der Waals surface area contributed by atoms with E-state index in [0.29, 0.717) is 17.8 Å². The maximum Gasteiger partial charge on any atom is 0.324 e. The fourth-order valence-electron chi connectivity index (χ4n) is 1.40. The molecule has 126 valence electrons. The zero-order valence-corrected chi connectivity index (χ0v) is 13.1. The highest BCUT2D eigenvalue weighted by atomic mass is 79.9. The van der Waals surface area contributed by atoms with E-state index >= 15 is 0 Å². The topological polar surface area (TPSA) is 189 Å². The van der Waals surface area contributed by atoms with Gasteiger partial charge in [0.1, 0.15) is 0 Å². The second-order valence-corrected chi connectivity index (χ2v) is 4.96. The van der Waals surface area contributed by atoms with E-state index in [9.17, 15) is 30.3 Å². The highest BCUT2D eigenvalue weighted by Gasteiger charge is 2.30. The number of phenolic OH excluding ortho intramolecular Hbond substituents is 1. The summed E-state index contributed by atoms with van der Waals surface area (Å²) >= 11 is 3.22. The normalized spacial score (nSPS) is 9.54. The number of aromatic hydroxyl groups is 1. The monoisotopic (exact) mass is 401 g/mol. The molecule has 0 amide bonds. The summed E-state index contributed by atoms with van der Waals surface area (Å²) in [5.41, 5.74) is 3.04. The number of nitrogens with zero attached hydrogens (tertiary/aromatic N) is 4. The molecule has 1 aromatic carbocycles. The summed E-state index contributed by atoms with van der Waals surface area (Å²) in [6.07, 6.45) is 3.29. The Bertz CT molecular complexity index is 761. The average Bonchev–Trinajstić information content (AvgIpc) is 2.46. The van der Waals surface area contributed by atoms with Gasteiger partial charge in [0, 0.05) is 16.9 Å². The van der Waals surface area contributed by atoms with Gasteiger partial charge in [-0.05, 0) is 22.0 Å². The first-order chi connectivity index (χ1) is 11.1. The highest BCUT2D eigenvalue weighted by molar-refractivity contribution is 9.10. The molecule has 1 aromatic heterocycles. The standard InChI is InChI=1S/C6H3N3O7.C5H5BrN2/c10-6-4(8(13)14)1-3(7(11)12)2-5(6)9(15)16;6-4-1-5(7)3-8-2-4/h1-2,10H;1-3H,7H2. The Morgan fingerprint density at radius 3 is 1.75 bits per heavy atom. The Labute approximate surface area is 141 Å². The molecule has 0 saturated carbocycles. The van der Waals surface area contributed by atoms with Crippen molar-refractivity contribution in [1.82, 2.24) is 4.98 Å². The fourth-order valence-corrected chi connectivity index (χ4v) is 1.78. The maximum absolute atomic E-state index is 10.4. The molecule has 0 aliphatic heterocycles. The molecule has 0 spiro atoms. The number of pyridine rings is 1. The summed E-state index contributed by atoms with van der Waals surface area (Å²) in [7, 11) is 0. The fraction of sp³-hybridized carbons (Fsp3) is 0. The number of nitrogens with two attached hydrogens (primary N) is 1. The molecule has 0 bridgehead atoms. The van der Waals surface area contributed by atoms with Crippen LogP contribution in [-0.2, 0) is 0 Å². The van der Waals surface area contributed by atoms with E-state index < -0.39 is 37.6 Å². The number of non-ortho nitro benzene ring substituents is 1. The predicted octanol–water partition coefficient (Wildman–Crippen LogP) is 2.54. The van der Waals surface area contributed by atoms with Crippen LogP contribution in [0.4, 0.5) is 22.7 Å². The van der Waals surface area contributed by atoms with Crippen molar-refractivity contribution in [3.63, 3.8) is 0 Å². The largest absolute Gasteiger partial charge is 0.497 e. The quantitative estimate of drug-likeness (QED) is 0.574. The highest BCUT2D eigenvalue weighted by Crippen LogP contribution is 2.38. The lowest BCUT2D eigenvalue weighted by Gasteiger charge is -1.97. The average molecular weight is 402 g/mol. The van der Waals surface area contributed by atoms with Gasteiger partial charge in [0.2, 0.25) is 0 Å². The Morgan fingerprint density at radius 1 is 0.958 bits per heavy atom. The molecule has 2 rings (SSSR count). The minimum atomic E-state index is -1.21. The number of hydrogen-bond donors (Lipinski definition) is 2. The molecule has 3 N–H and O–H groups in total.